The van der Waals surface area contributed by atoms with Crippen LogP contribution in [0.1, 0.15) is 18.1 Å². The van der Waals surface area contributed by atoms with Crippen LogP contribution in [-0.2, 0) is 16.5 Å². The summed E-state index contributed by atoms with van der Waals surface area (Å²) in [5, 5.41) is 0. The highest BCUT2D eigenvalue weighted by atomic mass is 28.4. The lowest BCUT2D eigenvalue weighted by Crippen LogP contribution is -2.42. The van der Waals surface area contributed by atoms with Crippen LogP contribution in [-0.4, -0.2) is 8.32 Å². The van der Waals surface area contributed by atoms with Gasteiger partial charge in [0.2, 0.25) is 0 Å². The number of hydrogen-bond acceptors (Lipinski definition) is 1. The van der Waals surface area contributed by atoms with Crippen LogP contribution in [0.3, 0.4) is 0 Å². The van der Waals surface area contributed by atoms with Crippen molar-refractivity contribution < 1.29 is 4.43 Å². The van der Waals surface area contributed by atoms with Crippen LogP contribution >= 0.6 is 0 Å². The van der Waals surface area contributed by atoms with E-state index < -0.39 is 8.32 Å². The van der Waals surface area contributed by atoms with E-state index >= 15 is 0 Å². The van der Waals surface area contributed by atoms with Crippen molar-refractivity contribution >= 4 is 8.32 Å². The largest absolute Gasteiger partial charge is 0.549 e. The summed E-state index contributed by atoms with van der Waals surface area (Å²) in [4.78, 5) is 0. The van der Waals surface area contributed by atoms with Crippen molar-refractivity contribution in [1.29, 1.82) is 0 Å². The molecule has 0 heterocycles. The summed E-state index contributed by atoms with van der Waals surface area (Å²) in [5.41, 5.74) is 2.72. The molecule has 0 aromatic heterocycles. The van der Waals surface area contributed by atoms with E-state index in [1.807, 2.05) is 0 Å². The molecule has 0 atom stereocenters. The summed E-state index contributed by atoms with van der Waals surface area (Å²) in [6.45, 7) is 6.03. The molecule has 2 heteroatoms. The minimum Gasteiger partial charge on any atom is -0.549 e. The van der Waals surface area contributed by atoms with Gasteiger partial charge in [-0.3, -0.25) is 0 Å². The fourth-order valence-corrected chi connectivity index (χ4v) is 5.86. The Labute approximate surface area is 123 Å². The average molecular weight is 282 g/mol. The molecule has 20 heavy (non-hydrogen) atoms. The Balaban J connectivity index is 2.22. The first-order valence-electron chi connectivity index (χ1n) is 7.14. The van der Waals surface area contributed by atoms with Crippen LogP contribution in [0.25, 0.3) is 0 Å². The molecular weight excluding hydrogens is 260 g/mol. The van der Waals surface area contributed by atoms with Crippen LogP contribution in [0.15, 0.2) is 73.5 Å². The maximum absolute atomic E-state index is 6.09. The zero-order valence-corrected chi connectivity index (χ0v) is 13.1. The molecule has 0 N–H and O–H groups in total. The van der Waals surface area contributed by atoms with Gasteiger partial charge in [0.25, 0.3) is 8.32 Å². The molecule has 0 amide bonds. The highest BCUT2D eigenvalue weighted by Crippen LogP contribution is 2.23. The van der Waals surface area contributed by atoms with Crippen molar-refractivity contribution in [3.05, 3.63) is 84.6 Å². The molecule has 0 saturated heterocycles. The van der Waals surface area contributed by atoms with Crippen LogP contribution in [0.4, 0.5) is 0 Å². The Hall–Kier alpha value is -1.80. The molecule has 2 aromatic rings. The van der Waals surface area contributed by atoms with Crippen molar-refractivity contribution in [2.45, 2.75) is 25.1 Å². The Morgan fingerprint density at radius 2 is 1.35 bits per heavy atom. The van der Waals surface area contributed by atoms with Gasteiger partial charge in [0.05, 0.1) is 6.26 Å². The minimum absolute atomic E-state index is 1.03. The molecule has 2 rings (SSSR count). The lowest BCUT2D eigenvalue weighted by atomic mass is 10.2. The van der Waals surface area contributed by atoms with Gasteiger partial charge >= 0.3 is 0 Å². The summed E-state index contributed by atoms with van der Waals surface area (Å²) in [6.07, 6.45) is 1.64. The van der Waals surface area contributed by atoms with Crippen LogP contribution in [0.5, 0.6) is 0 Å². The zero-order chi connectivity index (χ0) is 14.3. The van der Waals surface area contributed by atoms with E-state index in [-0.39, 0.29) is 0 Å². The second-order valence-corrected chi connectivity index (χ2v) is 9.16. The van der Waals surface area contributed by atoms with E-state index in [0.29, 0.717) is 0 Å². The number of benzene rings is 2. The molecular formula is C18H22OSi. The molecule has 0 saturated carbocycles. The van der Waals surface area contributed by atoms with Gasteiger partial charge in [0, 0.05) is 12.1 Å². The Bertz CT molecular complexity index is 480. The van der Waals surface area contributed by atoms with Gasteiger partial charge in [-0.05, 0) is 17.2 Å². The molecule has 0 fully saturated rings. The molecule has 0 unspecified atom stereocenters. The van der Waals surface area contributed by atoms with Crippen LogP contribution in [0, 0.1) is 0 Å². The third-order valence-corrected chi connectivity index (χ3v) is 7.78. The smallest absolute Gasteiger partial charge is 0.258 e. The zero-order valence-electron chi connectivity index (χ0n) is 12.1. The van der Waals surface area contributed by atoms with E-state index in [4.69, 9.17) is 4.43 Å². The van der Waals surface area contributed by atoms with Crippen molar-refractivity contribution in [2.75, 3.05) is 0 Å². The molecule has 1 nitrogen and oxygen atoms in total. The Morgan fingerprint density at radius 3 is 1.70 bits per heavy atom. The fraction of sp³-hybridized carbons (Fsp3) is 0.222. The first-order chi connectivity index (χ1) is 9.78. The first-order valence-corrected chi connectivity index (χ1v) is 9.67. The predicted octanol–water partition coefficient (Wildman–Crippen LogP) is 4.68. The topological polar surface area (TPSA) is 9.23 Å². The van der Waals surface area contributed by atoms with E-state index in [2.05, 4.69) is 74.2 Å². The Morgan fingerprint density at radius 1 is 0.900 bits per heavy atom. The summed E-state index contributed by atoms with van der Waals surface area (Å²) in [7, 11) is -1.87. The third kappa shape index (κ3) is 3.84. The van der Waals surface area contributed by atoms with Crippen molar-refractivity contribution in [3.63, 3.8) is 0 Å². The van der Waals surface area contributed by atoms with Gasteiger partial charge in [0.1, 0.15) is 0 Å². The predicted molar refractivity (Wildman–Crippen MR) is 87.8 cm³/mol. The second-order valence-electron chi connectivity index (χ2n) is 5.15. The van der Waals surface area contributed by atoms with E-state index in [9.17, 15) is 0 Å². The van der Waals surface area contributed by atoms with E-state index in [0.717, 1.165) is 18.1 Å². The molecule has 0 radical (unpaired) electrons. The quantitative estimate of drug-likeness (QED) is 0.529. The summed E-state index contributed by atoms with van der Waals surface area (Å²) in [5.74, 6) is 0. The molecule has 0 aliphatic heterocycles. The SMILES string of the molecule is C=CO[Si](CC)(Cc1ccccc1)Cc1ccccc1. The lowest BCUT2D eigenvalue weighted by molar-refractivity contribution is 0.455. The van der Waals surface area contributed by atoms with Crippen molar-refractivity contribution in [2.24, 2.45) is 0 Å². The van der Waals surface area contributed by atoms with Crippen LogP contribution < -0.4 is 0 Å². The molecule has 0 spiro atoms. The van der Waals surface area contributed by atoms with Crippen LogP contribution in [0.2, 0.25) is 6.04 Å². The highest BCUT2D eigenvalue weighted by Gasteiger charge is 2.34. The highest BCUT2D eigenvalue weighted by molar-refractivity contribution is 6.72. The summed E-state index contributed by atoms with van der Waals surface area (Å²) in [6, 6.07) is 24.4. The van der Waals surface area contributed by atoms with E-state index in [1.165, 1.54) is 11.1 Å². The molecule has 0 aliphatic rings. The minimum atomic E-state index is -1.87. The average Bonchev–Trinajstić information content (AvgIpc) is 2.49. The van der Waals surface area contributed by atoms with Gasteiger partial charge in [-0.25, -0.2) is 0 Å². The second kappa shape index (κ2) is 7.11. The normalized spacial score (nSPS) is 11.1. The Kier molecular flexibility index (Phi) is 5.19. The lowest BCUT2D eigenvalue weighted by Gasteiger charge is -2.29. The van der Waals surface area contributed by atoms with Crippen molar-refractivity contribution in [1.82, 2.24) is 0 Å². The maximum atomic E-state index is 6.09. The molecule has 104 valence electrons. The third-order valence-electron chi connectivity index (χ3n) is 3.72. The number of hydrogen-bond donors (Lipinski definition) is 0. The fourth-order valence-electron chi connectivity index (χ4n) is 2.59. The number of rotatable bonds is 7. The molecule has 0 aliphatic carbocycles. The first kappa shape index (κ1) is 14.6. The summed E-state index contributed by atoms with van der Waals surface area (Å²) >= 11 is 0. The maximum Gasteiger partial charge on any atom is 0.258 e. The van der Waals surface area contributed by atoms with E-state index in [1.54, 1.807) is 6.26 Å². The van der Waals surface area contributed by atoms with Gasteiger partial charge in [-0.1, -0.05) is 74.2 Å². The van der Waals surface area contributed by atoms with Gasteiger partial charge in [-0.15, -0.1) is 0 Å². The monoisotopic (exact) mass is 282 g/mol. The van der Waals surface area contributed by atoms with Gasteiger partial charge in [-0.2, -0.15) is 0 Å². The van der Waals surface area contributed by atoms with Crippen molar-refractivity contribution in [3.8, 4) is 0 Å². The van der Waals surface area contributed by atoms with Gasteiger partial charge in [0.15, 0.2) is 0 Å². The summed E-state index contributed by atoms with van der Waals surface area (Å²) < 4.78 is 6.09. The molecule has 2 aromatic carbocycles. The molecule has 0 bridgehead atoms. The standard InChI is InChI=1S/C18H22OSi/c1-3-19-20(4-2,15-17-11-7-5-8-12-17)16-18-13-9-6-10-14-18/h3,5-14H,1,4,15-16H2,2H3. The van der Waals surface area contributed by atoms with Gasteiger partial charge < -0.3 is 4.43 Å².